The van der Waals surface area contributed by atoms with Gasteiger partial charge in [0.1, 0.15) is 17.5 Å². The molecule has 2 fully saturated rings. The van der Waals surface area contributed by atoms with Crippen LogP contribution in [0.15, 0.2) is 59.7 Å². The zero-order valence-electron chi connectivity index (χ0n) is 33.2. The zero-order chi connectivity index (χ0) is 37.7. The van der Waals surface area contributed by atoms with Crippen LogP contribution in [0.25, 0.3) is 0 Å². The van der Waals surface area contributed by atoms with Crippen LogP contribution < -0.4 is 4.74 Å². The first-order chi connectivity index (χ1) is 24.8. The number of hydrogen-bond acceptors (Lipinski definition) is 8. The number of esters is 2. The normalized spacial score (nSPS) is 26.0. The molecule has 0 bridgehead atoms. The molecular formula is C44H66O8. The van der Waals surface area contributed by atoms with Crippen LogP contribution in [0.1, 0.15) is 131 Å². The highest BCUT2D eigenvalue weighted by Crippen LogP contribution is 2.51. The highest BCUT2D eigenvalue weighted by molar-refractivity contribution is 5.93. The SMILES string of the molecule is C/C=C/CCCCC[C@@H]1CC2=C(CCC(=O)OC(C)(C)C)C(=O)O[C@@H]2[C@H](CCOCc2ccc(OC)cc2)[C@H]1C[C@@H]1OC(C)(C)O[C@H]1CC/C=C/C. The molecule has 0 aromatic heterocycles. The molecule has 6 atom stereocenters. The van der Waals surface area contributed by atoms with Crippen LogP contribution in [0.5, 0.6) is 5.75 Å². The number of unbranched alkanes of at least 4 members (excludes halogenated alkanes) is 3. The Morgan fingerprint density at radius 3 is 2.33 bits per heavy atom. The van der Waals surface area contributed by atoms with E-state index in [9.17, 15) is 9.59 Å². The number of methoxy groups -OCH3 is 1. The standard InChI is InChI=1S/C44H66O8/c1-9-11-13-14-15-17-18-32-28-37-35(24-25-40(45)52-43(3,4)5)42(46)49-41(37)34(26-27-48-30-31-20-22-33(47-8)23-21-31)36(32)29-39-38(19-16-12-10-2)50-44(6,7)51-39/h9-12,20-23,32,34,36,38-39,41H,13-19,24-30H2,1-8H3/b11-9+,12-10+/t32-,34-,36+,38+,39+,41-/m1/s1. The molecule has 0 radical (unpaired) electrons. The molecule has 4 rings (SSSR count). The molecule has 0 N–H and O–H groups in total. The summed E-state index contributed by atoms with van der Waals surface area (Å²) in [5, 5.41) is 0. The van der Waals surface area contributed by atoms with Gasteiger partial charge in [-0.15, -0.1) is 0 Å². The van der Waals surface area contributed by atoms with Gasteiger partial charge in [0.25, 0.3) is 0 Å². The van der Waals surface area contributed by atoms with Gasteiger partial charge in [-0.3, -0.25) is 4.79 Å². The predicted molar refractivity (Wildman–Crippen MR) is 205 cm³/mol. The molecular weight excluding hydrogens is 656 g/mol. The Labute approximate surface area is 313 Å². The van der Waals surface area contributed by atoms with Crippen molar-refractivity contribution in [1.82, 2.24) is 0 Å². The number of fused-ring (bicyclic) bond motifs is 1. The maximum absolute atomic E-state index is 13.6. The second kappa shape index (κ2) is 19.9. The smallest absolute Gasteiger partial charge is 0.334 e. The Bertz CT molecular complexity index is 1370. The summed E-state index contributed by atoms with van der Waals surface area (Å²) in [7, 11) is 1.67. The first-order valence-corrected chi connectivity index (χ1v) is 19.8. The van der Waals surface area contributed by atoms with Crippen molar-refractivity contribution in [1.29, 1.82) is 0 Å². The number of benzene rings is 1. The number of allylic oxidation sites excluding steroid dienone is 4. The lowest BCUT2D eigenvalue weighted by atomic mass is 9.63. The van der Waals surface area contributed by atoms with Crippen molar-refractivity contribution in [3.05, 3.63) is 65.3 Å². The van der Waals surface area contributed by atoms with Gasteiger partial charge in [0.2, 0.25) is 0 Å². The molecule has 8 heteroatoms. The van der Waals surface area contributed by atoms with Gasteiger partial charge < -0.3 is 28.4 Å². The fraction of sp³-hybridized carbons (Fsp3) is 0.682. The maximum Gasteiger partial charge on any atom is 0.334 e. The summed E-state index contributed by atoms with van der Waals surface area (Å²) in [6.45, 7) is 14.8. The average molecular weight is 723 g/mol. The van der Waals surface area contributed by atoms with Crippen molar-refractivity contribution < 1.29 is 38.0 Å². The van der Waals surface area contributed by atoms with Gasteiger partial charge in [0.05, 0.1) is 25.9 Å². The number of carbonyl (C=O) groups excluding carboxylic acids is 2. The number of rotatable bonds is 20. The van der Waals surface area contributed by atoms with E-state index < -0.39 is 11.4 Å². The fourth-order valence-electron chi connectivity index (χ4n) is 8.28. The number of carbonyl (C=O) groups is 2. The molecule has 0 spiro atoms. The molecule has 1 aliphatic carbocycles. The molecule has 1 saturated carbocycles. The zero-order valence-corrected chi connectivity index (χ0v) is 33.2. The summed E-state index contributed by atoms with van der Waals surface area (Å²) in [6.07, 6.45) is 18.6. The molecule has 0 unspecified atom stereocenters. The molecule has 8 nitrogen and oxygen atoms in total. The van der Waals surface area contributed by atoms with Gasteiger partial charge in [0.15, 0.2) is 5.79 Å². The van der Waals surface area contributed by atoms with Crippen LogP contribution in [0, 0.1) is 17.8 Å². The third-order valence-electron chi connectivity index (χ3n) is 10.6. The van der Waals surface area contributed by atoms with E-state index in [4.69, 9.17) is 28.4 Å². The van der Waals surface area contributed by atoms with Crippen LogP contribution in [0.3, 0.4) is 0 Å². The second-order valence-electron chi connectivity index (χ2n) is 16.2. The van der Waals surface area contributed by atoms with E-state index in [1.165, 1.54) is 6.42 Å². The monoisotopic (exact) mass is 722 g/mol. The van der Waals surface area contributed by atoms with Crippen molar-refractivity contribution in [2.45, 2.75) is 162 Å². The predicted octanol–water partition coefficient (Wildman–Crippen LogP) is 9.99. The molecule has 2 heterocycles. The van der Waals surface area contributed by atoms with Crippen molar-refractivity contribution in [3.63, 3.8) is 0 Å². The summed E-state index contributed by atoms with van der Waals surface area (Å²) < 4.78 is 36.7. The van der Waals surface area contributed by atoms with Crippen molar-refractivity contribution in [3.8, 4) is 5.75 Å². The average Bonchev–Trinajstić information content (AvgIpc) is 3.56. The summed E-state index contributed by atoms with van der Waals surface area (Å²) in [4.78, 5) is 26.4. The minimum Gasteiger partial charge on any atom is -0.497 e. The summed E-state index contributed by atoms with van der Waals surface area (Å²) >= 11 is 0. The van der Waals surface area contributed by atoms with Crippen LogP contribution in [0.2, 0.25) is 0 Å². The van der Waals surface area contributed by atoms with Gasteiger partial charge in [-0.1, -0.05) is 49.3 Å². The van der Waals surface area contributed by atoms with Crippen LogP contribution in [-0.2, 0) is 39.9 Å². The molecule has 290 valence electrons. The van der Waals surface area contributed by atoms with Crippen LogP contribution >= 0.6 is 0 Å². The van der Waals surface area contributed by atoms with E-state index in [2.05, 4.69) is 38.2 Å². The topological polar surface area (TPSA) is 89.5 Å². The van der Waals surface area contributed by atoms with Crippen molar-refractivity contribution >= 4 is 11.9 Å². The van der Waals surface area contributed by atoms with E-state index in [1.54, 1.807) is 7.11 Å². The summed E-state index contributed by atoms with van der Waals surface area (Å²) in [6, 6.07) is 7.95. The molecule has 0 amide bonds. The minimum absolute atomic E-state index is 0.00731. The molecule has 2 aliphatic heterocycles. The Morgan fingerprint density at radius 1 is 0.923 bits per heavy atom. The lowest BCUT2D eigenvalue weighted by Gasteiger charge is -2.44. The third-order valence-corrected chi connectivity index (χ3v) is 10.6. The lowest BCUT2D eigenvalue weighted by molar-refractivity contribution is -0.154. The fourth-order valence-corrected chi connectivity index (χ4v) is 8.28. The van der Waals surface area contributed by atoms with Gasteiger partial charge in [-0.05, 0) is 141 Å². The van der Waals surface area contributed by atoms with Gasteiger partial charge >= 0.3 is 11.9 Å². The Kier molecular flexibility index (Phi) is 16.0. The number of ether oxygens (including phenoxy) is 6. The van der Waals surface area contributed by atoms with Gasteiger partial charge in [-0.2, -0.15) is 0 Å². The molecule has 1 aromatic rings. The number of hydrogen-bond donors (Lipinski definition) is 0. The largest absolute Gasteiger partial charge is 0.497 e. The first-order valence-electron chi connectivity index (χ1n) is 19.8. The Balaban J connectivity index is 1.61. The summed E-state index contributed by atoms with van der Waals surface area (Å²) in [5.41, 5.74) is 2.25. The van der Waals surface area contributed by atoms with Gasteiger partial charge in [-0.25, -0.2) is 4.79 Å². The van der Waals surface area contributed by atoms with E-state index in [1.807, 2.05) is 58.9 Å². The molecule has 1 saturated heterocycles. The molecule has 3 aliphatic rings. The second-order valence-corrected chi connectivity index (χ2v) is 16.2. The maximum atomic E-state index is 13.6. The highest BCUT2D eigenvalue weighted by atomic mass is 16.7. The van der Waals surface area contributed by atoms with E-state index in [-0.39, 0.29) is 48.5 Å². The first kappa shape index (κ1) is 41.8. The Hall–Kier alpha value is -2.94. The van der Waals surface area contributed by atoms with Crippen LogP contribution in [-0.4, -0.2) is 55.4 Å². The van der Waals surface area contributed by atoms with Crippen molar-refractivity contribution in [2.75, 3.05) is 13.7 Å². The highest BCUT2D eigenvalue weighted by Gasteiger charge is 2.51. The van der Waals surface area contributed by atoms with E-state index in [0.717, 1.165) is 74.7 Å². The quantitative estimate of drug-likeness (QED) is 0.0747. The van der Waals surface area contributed by atoms with E-state index >= 15 is 0 Å². The molecule has 1 aromatic carbocycles. The third kappa shape index (κ3) is 12.6. The van der Waals surface area contributed by atoms with Crippen LogP contribution in [0.4, 0.5) is 0 Å². The molecule has 52 heavy (non-hydrogen) atoms. The lowest BCUT2D eigenvalue weighted by Crippen LogP contribution is -2.43. The van der Waals surface area contributed by atoms with Crippen molar-refractivity contribution in [2.24, 2.45) is 17.8 Å². The minimum atomic E-state index is -0.654. The van der Waals surface area contributed by atoms with E-state index in [0.29, 0.717) is 31.1 Å². The Morgan fingerprint density at radius 2 is 1.63 bits per heavy atom. The van der Waals surface area contributed by atoms with Gasteiger partial charge in [0, 0.05) is 24.5 Å². The summed E-state index contributed by atoms with van der Waals surface area (Å²) in [5.74, 6) is 0.225.